The second-order valence-electron chi connectivity index (χ2n) is 7.02. The molecular weight excluding hydrogens is 409 g/mol. The Balaban J connectivity index is 1.48. The third-order valence-corrected chi connectivity index (χ3v) is 4.85. The molecule has 2 N–H and O–H groups in total. The zero-order valence-corrected chi connectivity index (χ0v) is 16.8. The molecule has 0 bridgehead atoms. The molecule has 32 heavy (non-hydrogen) atoms. The van der Waals surface area contributed by atoms with Crippen molar-refractivity contribution in [2.45, 2.75) is 0 Å². The highest BCUT2D eigenvalue weighted by Crippen LogP contribution is 2.22. The van der Waals surface area contributed by atoms with Crippen LogP contribution in [0.5, 0.6) is 0 Å². The molecule has 6 nitrogen and oxygen atoms in total. The van der Waals surface area contributed by atoms with E-state index < -0.39 is 11.8 Å². The number of carboxylic acid groups (broad SMARTS) is 1. The first-order valence-electron chi connectivity index (χ1n) is 9.67. The molecule has 0 atom stereocenters. The molecule has 4 aromatic rings. The number of aromatic nitrogens is 2. The molecule has 0 saturated carbocycles. The van der Waals surface area contributed by atoms with Gasteiger partial charge in [-0.25, -0.2) is 13.9 Å². The Morgan fingerprint density at radius 3 is 2.28 bits per heavy atom. The van der Waals surface area contributed by atoms with Gasteiger partial charge in [-0.15, -0.1) is 0 Å². The van der Waals surface area contributed by atoms with E-state index in [1.807, 2.05) is 6.07 Å². The third kappa shape index (κ3) is 4.46. The normalized spacial score (nSPS) is 10.5. The van der Waals surface area contributed by atoms with Gasteiger partial charge in [-0.2, -0.15) is 5.10 Å². The summed E-state index contributed by atoms with van der Waals surface area (Å²) in [7, 11) is 0. The average molecular weight is 427 g/mol. The van der Waals surface area contributed by atoms with Crippen LogP contribution in [0, 0.1) is 5.82 Å². The SMILES string of the molecule is C=C(C(=O)O)c1ccc(-c2ccn(-c3ccc(C(=O)Nc4cccc(F)c4)cc3)n2)cc1. The van der Waals surface area contributed by atoms with Gasteiger partial charge in [-0.05, 0) is 54.1 Å². The third-order valence-electron chi connectivity index (χ3n) is 4.85. The van der Waals surface area contributed by atoms with E-state index in [0.717, 1.165) is 11.3 Å². The highest BCUT2D eigenvalue weighted by atomic mass is 19.1. The van der Waals surface area contributed by atoms with Crippen LogP contribution in [0.25, 0.3) is 22.5 Å². The number of carbonyl (C=O) groups is 2. The van der Waals surface area contributed by atoms with E-state index in [2.05, 4.69) is 17.0 Å². The maximum Gasteiger partial charge on any atom is 0.335 e. The lowest BCUT2D eigenvalue weighted by Gasteiger charge is -2.07. The van der Waals surface area contributed by atoms with Crippen LogP contribution in [0.3, 0.4) is 0 Å². The fourth-order valence-corrected chi connectivity index (χ4v) is 3.12. The zero-order valence-electron chi connectivity index (χ0n) is 16.8. The lowest BCUT2D eigenvalue weighted by atomic mass is 10.0. The maximum atomic E-state index is 13.3. The molecule has 1 aromatic heterocycles. The zero-order chi connectivity index (χ0) is 22.7. The molecule has 1 heterocycles. The fraction of sp³-hybridized carbons (Fsp3) is 0. The van der Waals surface area contributed by atoms with Crippen molar-refractivity contribution in [2.24, 2.45) is 0 Å². The summed E-state index contributed by atoms with van der Waals surface area (Å²) < 4.78 is 15.0. The molecular formula is C25H18FN3O3. The van der Waals surface area contributed by atoms with Crippen LogP contribution in [0.15, 0.2) is 91.6 Å². The van der Waals surface area contributed by atoms with E-state index in [9.17, 15) is 14.0 Å². The molecule has 0 spiro atoms. The lowest BCUT2D eigenvalue weighted by Crippen LogP contribution is -2.12. The summed E-state index contributed by atoms with van der Waals surface area (Å²) in [6.45, 7) is 3.55. The lowest BCUT2D eigenvalue weighted by molar-refractivity contribution is -0.130. The first kappa shape index (κ1) is 20.7. The number of aliphatic carboxylic acids is 1. The summed E-state index contributed by atoms with van der Waals surface area (Å²) in [5.74, 6) is -1.82. The van der Waals surface area contributed by atoms with Gasteiger partial charge in [0.1, 0.15) is 5.82 Å². The Morgan fingerprint density at radius 2 is 1.62 bits per heavy atom. The fourth-order valence-electron chi connectivity index (χ4n) is 3.12. The molecule has 4 rings (SSSR count). The second-order valence-corrected chi connectivity index (χ2v) is 7.02. The number of nitrogens with one attached hydrogen (secondary N) is 1. The monoisotopic (exact) mass is 427 g/mol. The van der Waals surface area contributed by atoms with E-state index in [-0.39, 0.29) is 11.5 Å². The quantitative estimate of drug-likeness (QED) is 0.423. The van der Waals surface area contributed by atoms with Crippen molar-refractivity contribution in [1.82, 2.24) is 9.78 Å². The number of hydrogen-bond acceptors (Lipinski definition) is 3. The van der Waals surface area contributed by atoms with Crippen molar-refractivity contribution < 1.29 is 19.1 Å². The standard InChI is InChI=1S/C25H18FN3O3/c1-16(25(31)32)17-5-7-18(8-6-17)23-13-14-29(28-23)22-11-9-19(10-12-22)24(30)27-21-4-2-3-20(26)15-21/h2-15H,1H2,(H,27,30)(H,31,32). The van der Waals surface area contributed by atoms with Crippen LogP contribution in [0.1, 0.15) is 15.9 Å². The molecule has 1 amide bonds. The minimum atomic E-state index is -1.06. The molecule has 7 heteroatoms. The van der Waals surface area contributed by atoms with Crippen LogP contribution in [-0.2, 0) is 4.79 Å². The number of halogens is 1. The topological polar surface area (TPSA) is 84.2 Å². The van der Waals surface area contributed by atoms with Crippen LogP contribution in [-0.4, -0.2) is 26.8 Å². The Bertz CT molecular complexity index is 1310. The Labute approximate surface area is 183 Å². The van der Waals surface area contributed by atoms with Crippen LogP contribution in [0.4, 0.5) is 10.1 Å². The molecule has 0 aliphatic heterocycles. The van der Waals surface area contributed by atoms with Gasteiger partial charge in [0.25, 0.3) is 5.91 Å². The minimum absolute atomic E-state index is 0.0311. The smallest absolute Gasteiger partial charge is 0.335 e. The van der Waals surface area contributed by atoms with Gasteiger partial charge in [0.15, 0.2) is 0 Å². The van der Waals surface area contributed by atoms with E-state index in [0.29, 0.717) is 22.5 Å². The van der Waals surface area contributed by atoms with Crippen molar-refractivity contribution in [3.05, 3.63) is 109 Å². The van der Waals surface area contributed by atoms with Crippen molar-refractivity contribution in [3.63, 3.8) is 0 Å². The predicted octanol–water partition coefficient (Wildman–Crippen LogP) is 5.03. The number of carbonyl (C=O) groups excluding carboxylic acids is 1. The molecule has 158 valence electrons. The van der Waals surface area contributed by atoms with Crippen LogP contribution in [0.2, 0.25) is 0 Å². The molecule has 3 aromatic carbocycles. The van der Waals surface area contributed by atoms with Gasteiger partial charge in [0, 0.05) is 23.0 Å². The Kier molecular flexibility index (Phi) is 5.63. The number of rotatable bonds is 6. The summed E-state index contributed by atoms with van der Waals surface area (Å²) in [4.78, 5) is 23.4. The number of anilines is 1. The number of nitrogens with zero attached hydrogens (tertiary/aromatic N) is 2. The Hall–Kier alpha value is -4.52. The Morgan fingerprint density at radius 1 is 0.938 bits per heavy atom. The van der Waals surface area contributed by atoms with Crippen LogP contribution >= 0.6 is 0 Å². The maximum absolute atomic E-state index is 13.3. The van der Waals surface area contributed by atoms with Crippen molar-refractivity contribution in [1.29, 1.82) is 0 Å². The first-order chi connectivity index (χ1) is 15.4. The second kappa shape index (κ2) is 8.69. The largest absolute Gasteiger partial charge is 0.478 e. The highest BCUT2D eigenvalue weighted by Gasteiger charge is 2.10. The number of hydrogen-bond donors (Lipinski definition) is 2. The van der Waals surface area contributed by atoms with Gasteiger partial charge in [0.05, 0.1) is 17.0 Å². The predicted molar refractivity (Wildman–Crippen MR) is 120 cm³/mol. The van der Waals surface area contributed by atoms with E-state index >= 15 is 0 Å². The van der Waals surface area contributed by atoms with Gasteiger partial charge in [-0.1, -0.05) is 36.9 Å². The summed E-state index contributed by atoms with van der Waals surface area (Å²) in [5, 5.41) is 16.2. The van der Waals surface area contributed by atoms with Crippen molar-refractivity contribution in [3.8, 4) is 16.9 Å². The molecule has 0 saturated heterocycles. The van der Waals surface area contributed by atoms with E-state index in [4.69, 9.17) is 5.11 Å². The van der Waals surface area contributed by atoms with Gasteiger partial charge >= 0.3 is 5.97 Å². The van der Waals surface area contributed by atoms with Gasteiger partial charge in [-0.3, -0.25) is 4.79 Å². The summed E-state index contributed by atoms with van der Waals surface area (Å²) >= 11 is 0. The minimum Gasteiger partial charge on any atom is -0.478 e. The number of benzene rings is 3. The molecule has 0 aliphatic carbocycles. The molecule has 0 radical (unpaired) electrons. The number of carboxylic acids is 1. The van der Waals surface area contributed by atoms with Crippen molar-refractivity contribution in [2.75, 3.05) is 5.32 Å². The average Bonchev–Trinajstić information content (AvgIpc) is 3.29. The van der Waals surface area contributed by atoms with E-state index in [1.165, 1.54) is 18.2 Å². The molecule has 0 unspecified atom stereocenters. The first-order valence-corrected chi connectivity index (χ1v) is 9.67. The van der Waals surface area contributed by atoms with Gasteiger partial charge in [0.2, 0.25) is 0 Å². The van der Waals surface area contributed by atoms with Gasteiger partial charge < -0.3 is 10.4 Å². The van der Waals surface area contributed by atoms with Crippen LogP contribution < -0.4 is 5.32 Å². The summed E-state index contributed by atoms with van der Waals surface area (Å²) in [6, 6.07) is 21.4. The molecule has 0 aliphatic rings. The van der Waals surface area contributed by atoms with E-state index in [1.54, 1.807) is 65.5 Å². The summed E-state index contributed by atoms with van der Waals surface area (Å²) in [6.07, 6.45) is 1.79. The van der Waals surface area contributed by atoms with Crippen molar-refractivity contribution >= 4 is 23.1 Å². The molecule has 0 fully saturated rings. The summed E-state index contributed by atoms with van der Waals surface area (Å²) in [5.41, 5.74) is 3.68. The number of amides is 1. The highest BCUT2D eigenvalue weighted by molar-refractivity contribution is 6.14.